The number of aryl methyl sites for hydroxylation is 1. The Balaban J connectivity index is 1.98. The number of benzene rings is 1. The van der Waals surface area contributed by atoms with Crippen molar-refractivity contribution in [1.82, 2.24) is 5.32 Å². The second-order valence-electron chi connectivity index (χ2n) is 5.59. The van der Waals surface area contributed by atoms with Gasteiger partial charge in [0.25, 0.3) is 5.91 Å². The summed E-state index contributed by atoms with van der Waals surface area (Å²) in [5, 5.41) is 15.1. The van der Waals surface area contributed by atoms with E-state index < -0.39 is 0 Å². The van der Waals surface area contributed by atoms with Crippen molar-refractivity contribution < 1.29 is 4.79 Å². The molecule has 1 amide bonds. The lowest BCUT2D eigenvalue weighted by atomic mass is 9.95. The van der Waals surface area contributed by atoms with E-state index in [-0.39, 0.29) is 17.5 Å². The standard InChI is InChI=1S/C17H20BrN3O/c1-12-9-15(7-8-16(12)18)20-11-13(10-19)17(22)21-14-5-3-2-4-6-14/h7-9,11,14,20H,2-6H2,1H3,(H,21,22)/b13-11-. The number of nitrogens with zero attached hydrogens (tertiary/aromatic N) is 1. The molecule has 22 heavy (non-hydrogen) atoms. The van der Waals surface area contributed by atoms with Gasteiger partial charge >= 0.3 is 0 Å². The monoisotopic (exact) mass is 361 g/mol. The molecule has 1 aliphatic rings. The molecule has 1 aliphatic carbocycles. The van der Waals surface area contributed by atoms with Gasteiger partial charge in [-0.15, -0.1) is 0 Å². The summed E-state index contributed by atoms with van der Waals surface area (Å²) < 4.78 is 1.03. The van der Waals surface area contributed by atoms with Crippen molar-refractivity contribution in [2.45, 2.75) is 45.1 Å². The summed E-state index contributed by atoms with van der Waals surface area (Å²) in [5.74, 6) is -0.296. The molecule has 116 valence electrons. The van der Waals surface area contributed by atoms with Gasteiger partial charge in [-0.25, -0.2) is 0 Å². The van der Waals surface area contributed by atoms with Crippen molar-refractivity contribution in [2.24, 2.45) is 0 Å². The summed E-state index contributed by atoms with van der Waals surface area (Å²) in [6.45, 7) is 1.99. The Morgan fingerprint density at radius 3 is 2.73 bits per heavy atom. The lowest BCUT2D eigenvalue weighted by molar-refractivity contribution is -0.118. The molecule has 1 saturated carbocycles. The molecule has 4 nitrogen and oxygen atoms in total. The van der Waals surface area contributed by atoms with Crippen molar-refractivity contribution in [1.29, 1.82) is 5.26 Å². The number of halogens is 1. The van der Waals surface area contributed by atoms with Gasteiger partial charge in [0.1, 0.15) is 11.6 Å². The minimum atomic E-state index is -0.296. The van der Waals surface area contributed by atoms with Crippen molar-refractivity contribution >= 4 is 27.5 Å². The van der Waals surface area contributed by atoms with E-state index in [1.54, 1.807) is 0 Å². The molecule has 1 fully saturated rings. The molecule has 2 N–H and O–H groups in total. The summed E-state index contributed by atoms with van der Waals surface area (Å²) in [6, 6.07) is 7.94. The van der Waals surface area contributed by atoms with Crippen LogP contribution in [0.1, 0.15) is 37.7 Å². The van der Waals surface area contributed by atoms with Gasteiger partial charge in [-0.3, -0.25) is 4.79 Å². The Labute approximate surface area is 139 Å². The zero-order chi connectivity index (χ0) is 15.9. The van der Waals surface area contributed by atoms with Gasteiger partial charge in [-0.1, -0.05) is 35.2 Å². The average Bonchev–Trinajstić information content (AvgIpc) is 2.52. The van der Waals surface area contributed by atoms with Crippen LogP contribution in [-0.4, -0.2) is 11.9 Å². The molecule has 1 aromatic carbocycles. The predicted molar refractivity (Wildman–Crippen MR) is 91.2 cm³/mol. The molecule has 2 rings (SSSR count). The highest BCUT2D eigenvalue weighted by molar-refractivity contribution is 9.10. The van der Waals surface area contributed by atoms with E-state index in [4.69, 9.17) is 0 Å². The quantitative estimate of drug-likeness (QED) is 0.628. The number of carbonyl (C=O) groups excluding carboxylic acids is 1. The summed E-state index contributed by atoms with van der Waals surface area (Å²) in [6.07, 6.45) is 7.01. The maximum atomic E-state index is 12.1. The molecule has 0 aliphatic heterocycles. The lowest BCUT2D eigenvalue weighted by Crippen LogP contribution is -2.37. The van der Waals surface area contributed by atoms with Crippen LogP contribution in [0.4, 0.5) is 5.69 Å². The summed E-state index contributed by atoms with van der Waals surface area (Å²) in [4.78, 5) is 12.1. The molecular weight excluding hydrogens is 342 g/mol. The van der Waals surface area contributed by atoms with Gasteiger partial charge in [-0.2, -0.15) is 5.26 Å². The fraction of sp³-hybridized carbons (Fsp3) is 0.412. The van der Waals surface area contributed by atoms with Gasteiger partial charge in [-0.05, 0) is 43.5 Å². The minimum absolute atomic E-state index is 0.103. The van der Waals surface area contributed by atoms with E-state index in [2.05, 4.69) is 26.6 Å². The molecule has 0 spiro atoms. The van der Waals surface area contributed by atoms with Crippen LogP contribution in [0.15, 0.2) is 34.4 Å². The van der Waals surface area contributed by atoms with E-state index in [1.807, 2.05) is 31.2 Å². The van der Waals surface area contributed by atoms with E-state index >= 15 is 0 Å². The maximum Gasteiger partial charge on any atom is 0.263 e. The molecule has 0 radical (unpaired) electrons. The van der Waals surface area contributed by atoms with E-state index in [9.17, 15) is 10.1 Å². The SMILES string of the molecule is Cc1cc(N/C=C(/C#N)C(=O)NC2CCCCC2)ccc1Br. The van der Waals surface area contributed by atoms with Crippen LogP contribution in [-0.2, 0) is 4.79 Å². The number of anilines is 1. The second-order valence-corrected chi connectivity index (χ2v) is 6.44. The number of amides is 1. The van der Waals surface area contributed by atoms with Crippen LogP contribution in [0.2, 0.25) is 0 Å². The Bertz CT molecular complexity index is 613. The zero-order valence-corrected chi connectivity index (χ0v) is 14.2. The van der Waals surface area contributed by atoms with Crippen LogP contribution in [0.25, 0.3) is 0 Å². The molecule has 5 heteroatoms. The van der Waals surface area contributed by atoms with E-state index in [1.165, 1.54) is 12.6 Å². The van der Waals surface area contributed by atoms with Crippen LogP contribution in [0.5, 0.6) is 0 Å². The topological polar surface area (TPSA) is 64.9 Å². The summed E-state index contributed by atoms with van der Waals surface area (Å²) in [7, 11) is 0. The first-order chi connectivity index (χ1) is 10.6. The highest BCUT2D eigenvalue weighted by Gasteiger charge is 2.17. The molecule has 0 unspecified atom stereocenters. The number of nitrogens with one attached hydrogen (secondary N) is 2. The maximum absolute atomic E-state index is 12.1. The van der Waals surface area contributed by atoms with Crippen molar-refractivity contribution in [3.05, 3.63) is 40.0 Å². The van der Waals surface area contributed by atoms with Crippen LogP contribution in [0.3, 0.4) is 0 Å². The Kier molecular flexibility index (Phi) is 6.02. The van der Waals surface area contributed by atoms with Gasteiger partial charge in [0.05, 0.1) is 0 Å². The number of rotatable bonds is 4. The first kappa shape index (κ1) is 16.6. The molecule has 0 atom stereocenters. The lowest BCUT2D eigenvalue weighted by Gasteiger charge is -2.22. The number of carbonyl (C=O) groups is 1. The number of hydrogen-bond donors (Lipinski definition) is 2. The fourth-order valence-corrected chi connectivity index (χ4v) is 2.80. The van der Waals surface area contributed by atoms with Crippen LogP contribution >= 0.6 is 15.9 Å². The molecular formula is C17H20BrN3O. The third-order valence-electron chi connectivity index (χ3n) is 3.85. The zero-order valence-electron chi connectivity index (χ0n) is 12.7. The summed E-state index contributed by atoms with van der Waals surface area (Å²) >= 11 is 3.44. The smallest absolute Gasteiger partial charge is 0.263 e. The predicted octanol–water partition coefficient (Wildman–Crippen LogP) is 4.03. The normalized spacial score (nSPS) is 16.0. The summed E-state index contributed by atoms with van der Waals surface area (Å²) in [5.41, 5.74) is 2.04. The Morgan fingerprint density at radius 2 is 2.09 bits per heavy atom. The van der Waals surface area contributed by atoms with Crippen molar-refractivity contribution in [3.63, 3.8) is 0 Å². The molecule has 0 aromatic heterocycles. The van der Waals surface area contributed by atoms with Crippen molar-refractivity contribution in [2.75, 3.05) is 5.32 Å². The first-order valence-electron chi connectivity index (χ1n) is 7.54. The van der Waals surface area contributed by atoms with Gasteiger partial charge in [0, 0.05) is 22.4 Å². The van der Waals surface area contributed by atoms with E-state index in [0.717, 1.165) is 41.4 Å². The highest BCUT2D eigenvalue weighted by atomic mass is 79.9. The minimum Gasteiger partial charge on any atom is -0.360 e. The van der Waals surface area contributed by atoms with Gasteiger partial charge < -0.3 is 10.6 Å². The van der Waals surface area contributed by atoms with Crippen LogP contribution in [0, 0.1) is 18.3 Å². The molecule has 0 heterocycles. The highest BCUT2D eigenvalue weighted by Crippen LogP contribution is 2.20. The van der Waals surface area contributed by atoms with Crippen molar-refractivity contribution in [3.8, 4) is 6.07 Å². The largest absolute Gasteiger partial charge is 0.360 e. The average molecular weight is 362 g/mol. The number of nitriles is 1. The number of hydrogen-bond acceptors (Lipinski definition) is 3. The first-order valence-corrected chi connectivity index (χ1v) is 8.33. The fourth-order valence-electron chi connectivity index (χ4n) is 2.55. The Hall–Kier alpha value is -1.80. The third-order valence-corrected chi connectivity index (χ3v) is 4.74. The van der Waals surface area contributed by atoms with Crippen LogP contribution < -0.4 is 10.6 Å². The second kappa shape index (κ2) is 8.00. The molecule has 0 saturated heterocycles. The van der Waals surface area contributed by atoms with Gasteiger partial charge in [0.15, 0.2) is 0 Å². The van der Waals surface area contributed by atoms with Gasteiger partial charge in [0.2, 0.25) is 0 Å². The molecule has 0 bridgehead atoms. The third kappa shape index (κ3) is 4.60. The van der Waals surface area contributed by atoms with E-state index in [0.29, 0.717) is 0 Å². The molecule has 1 aromatic rings. The Morgan fingerprint density at radius 1 is 1.36 bits per heavy atom.